The predicted molar refractivity (Wildman–Crippen MR) is 124 cm³/mol. The van der Waals surface area contributed by atoms with Crippen LogP contribution in [0, 0.1) is 0 Å². The topological polar surface area (TPSA) is 74.8 Å². The molecule has 7 nitrogen and oxygen atoms in total. The van der Waals surface area contributed by atoms with Crippen LogP contribution in [0.5, 0.6) is 0 Å². The molecular weight excluding hydrogens is 420 g/mol. The molecule has 0 saturated carbocycles. The Bertz CT molecular complexity index is 915. The van der Waals surface area contributed by atoms with Crippen molar-refractivity contribution < 1.29 is 14.3 Å². The van der Waals surface area contributed by atoms with E-state index in [1.54, 1.807) is 9.80 Å². The number of anilines is 1. The number of thiol groups is 1. The standard InChI is InChI=1S/C21H30N4O3S2/c1-13(2)25(15-6-7-16-17(12-15)30-19(29)23-16)18(26)22-14-8-10-24(11-9-14)20(27)28-21(3,4)5/h6-7,12-14H,8-11H2,1-5H3,(H,22,26)(H,23,29). The number of fused-ring (bicyclic) bond motifs is 1. The summed E-state index contributed by atoms with van der Waals surface area (Å²) in [5, 5.41) is 3.14. The van der Waals surface area contributed by atoms with Gasteiger partial charge in [0.2, 0.25) is 0 Å². The molecule has 0 bridgehead atoms. The molecule has 1 aromatic heterocycles. The third-order valence-electron chi connectivity index (χ3n) is 4.85. The molecule has 2 heterocycles. The molecule has 1 aliphatic heterocycles. The molecule has 0 aliphatic carbocycles. The number of nitrogens with zero attached hydrogens (tertiary/aromatic N) is 3. The number of rotatable bonds is 3. The Hall–Kier alpha value is -2.00. The van der Waals surface area contributed by atoms with E-state index in [1.807, 2.05) is 52.8 Å². The molecule has 1 aromatic carbocycles. The Balaban J connectivity index is 1.62. The first-order chi connectivity index (χ1) is 14.0. The van der Waals surface area contributed by atoms with E-state index in [2.05, 4.69) is 22.9 Å². The Kier molecular flexibility index (Phi) is 6.81. The number of thiazole rings is 1. The van der Waals surface area contributed by atoms with E-state index in [1.165, 1.54) is 11.3 Å². The van der Waals surface area contributed by atoms with Crippen molar-refractivity contribution in [1.82, 2.24) is 15.2 Å². The van der Waals surface area contributed by atoms with E-state index in [0.29, 0.717) is 30.3 Å². The lowest BCUT2D eigenvalue weighted by atomic mass is 10.1. The fraction of sp³-hybridized carbons (Fsp3) is 0.571. The molecule has 1 saturated heterocycles. The number of ether oxygens (including phenoxy) is 1. The largest absolute Gasteiger partial charge is 0.444 e. The summed E-state index contributed by atoms with van der Waals surface area (Å²) < 4.78 is 7.15. The molecule has 1 N–H and O–H groups in total. The monoisotopic (exact) mass is 450 g/mol. The summed E-state index contributed by atoms with van der Waals surface area (Å²) in [6.45, 7) is 10.7. The van der Waals surface area contributed by atoms with Crippen LogP contribution in [-0.2, 0) is 4.74 Å². The average Bonchev–Trinajstić information content (AvgIpc) is 3.00. The summed E-state index contributed by atoms with van der Waals surface area (Å²) in [4.78, 5) is 33.1. The highest BCUT2D eigenvalue weighted by atomic mass is 32.2. The fourth-order valence-electron chi connectivity index (χ4n) is 3.48. The van der Waals surface area contributed by atoms with Crippen molar-refractivity contribution in [3.05, 3.63) is 18.2 Å². The number of piperidine rings is 1. The van der Waals surface area contributed by atoms with E-state index >= 15 is 0 Å². The maximum absolute atomic E-state index is 13.1. The van der Waals surface area contributed by atoms with Gasteiger partial charge >= 0.3 is 12.1 Å². The van der Waals surface area contributed by atoms with Crippen LogP contribution in [0.1, 0.15) is 47.5 Å². The van der Waals surface area contributed by atoms with Gasteiger partial charge in [0.1, 0.15) is 9.94 Å². The number of hydrogen-bond acceptors (Lipinski definition) is 6. The van der Waals surface area contributed by atoms with E-state index in [4.69, 9.17) is 4.74 Å². The first kappa shape index (κ1) is 22.7. The lowest BCUT2D eigenvalue weighted by molar-refractivity contribution is 0.0201. The number of urea groups is 1. The Morgan fingerprint density at radius 3 is 2.57 bits per heavy atom. The fourth-order valence-corrected chi connectivity index (χ4v) is 4.62. The maximum Gasteiger partial charge on any atom is 0.410 e. The maximum atomic E-state index is 13.1. The molecule has 30 heavy (non-hydrogen) atoms. The Morgan fingerprint density at radius 1 is 1.30 bits per heavy atom. The van der Waals surface area contributed by atoms with Gasteiger partial charge in [0.15, 0.2) is 0 Å². The number of likely N-dealkylation sites (tertiary alicyclic amines) is 1. The predicted octanol–water partition coefficient (Wildman–Crippen LogP) is 4.91. The second-order valence-corrected chi connectivity index (χ2v) is 10.6. The third kappa shape index (κ3) is 5.57. The summed E-state index contributed by atoms with van der Waals surface area (Å²) in [6.07, 6.45) is 1.11. The molecule has 9 heteroatoms. The van der Waals surface area contributed by atoms with Gasteiger partial charge in [-0.1, -0.05) is 0 Å². The van der Waals surface area contributed by atoms with Crippen molar-refractivity contribution in [3.63, 3.8) is 0 Å². The van der Waals surface area contributed by atoms with E-state index < -0.39 is 5.60 Å². The van der Waals surface area contributed by atoms with Gasteiger partial charge < -0.3 is 15.0 Å². The van der Waals surface area contributed by atoms with Crippen LogP contribution < -0.4 is 10.2 Å². The van der Waals surface area contributed by atoms with Crippen molar-refractivity contribution in [2.24, 2.45) is 0 Å². The minimum absolute atomic E-state index is 0.00676. The molecule has 2 aromatic rings. The first-order valence-electron chi connectivity index (χ1n) is 10.2. The lowest BCUT2D eigenvalue weighted by Gasteiger charge is -2.35. The van der Waals surface area contributed by atoms with Gasteiger partial charge in [-0.2, -0.15) is 0 Å². The number of amides is 3. The molecule has 1 fully saturated rings. The molecule has 1 aliphatic rings. The number of hydrogen-bond donors (Lipinski definition) is 2. The summed E-state index contributed by atoms with van der Waals surface area (Å²) >= 11 is 5.81. The van der Waals surface area contributed by atoms with Gasteiger partial charge in [0.25, 0.3) is 0 Å². The van der Waals surface area contributed by atoms with Crippen LogP contribution in [0.3, 0.4) is 0 Å². The van der Waals surface area contributed by atoms with Crippen LogP contribution in [0.25, 0.3) is 10.2 Å². The van der Waals surface area contributed by atoms with Crippen LogP contribution in [0.15, 0.2) is 22.5 Å². The van der Waals surface area contributed by atoms with Crippen LogP contribution in [0.2, 0.25) is 0 Å². The van der Waals surface area contributed by atoms with Gasteiger partial charge in [0.05, 0.1) is 10.2 Å². The average molecular weight is 451 g/mol. The molecule has 3 amide bonds. The SMILES string of the molecule is CC(C)N(C(=O)NC1CCN(C(=O)OC(C)(C)C)CC1)c1ccc2nc(S)sc2c1. The minimum atomic E-state index is -0.507. The second-order valence-electron chi connectivity index (χ2n) is 8.80. The van der Waals surface area contributed by atoms with Crippen LogP contribution in [-0.4, -0.2) is 52.8 Å². The number of aromatic nitrogens is 1. The minimum Gasteiger partial charge on any atom is -0.444 e. The normalized spacial score (nSPS) is 15.5. The molecule has 0 unspecified atom stereocenters. The zero-order valence-corrected chi connectivity index (χ0v) is 19.8. The molecule has 3 rings (SSSR count). The van der Waals surface area contributed by atoms with E-state index in [0.717, 1.165) is 15.9 Å². The number of nitrogens with one attached hydrogen (secondary N) is 1. The summed E-state index contributed by atoms with van der Waals surface area (Å²) in [5.41, 5.74) is 1.21. The van der Waals surface area contributed by atoms with E-state index in [9.17, 15) is 9.59 Å². The van der Waals surface area contributed by atoms with Crippen LogP contribution >= 0.6 is 24.0 Å². The molecule has 0 radical (unpaired) electrons. The zero-order valence-electron chi connectivity index (χ0n) is 18.1. The van der Waals surface area contributed by atoms with Gasteiger partial charge in [-0.25, -0.2) is 14.6 Å². The molecule has 0 spiro atoms. The van der Waals surface area contributed by atoms with Crippen molar-refractivity contribution in [1.29, 1.82) is 0 Å². The van der Waals surface area contributed by atoms with Crippen molar-refractivity contribution in [3.8, 4) is 0 Å². The number of benzene rings is 1. The molecule has 0 atom stereocenters. The summed E-state index contributed by atoms with van der Waals surface area (Å²) in [7, 11) is 0. The van der Waals surface area contributed by atoms with Gasteiger partial charge in [-0.15, -0.1) is 24.0 Å². The quantitative estimate of drug-likeness (QED) is 0.652. The van der Waals surface area contributed by atoms with Crippen molar-refractivity contribution in [2.75, 3.05) is 18.0 Å². The van der Waals surface area contributed by atoms with Crippen molar-refractivity contribution >= 4 is 52.0 Å². The Labute approximate surface area is 187 Å². The smallest absolute Gasteiger partial charge is 0.410 e. The highest BCUT2D eigenvalue weighted by Gasteiger charge is 2.29. The van der Waals surface area contributed by atoms with Gasteiger partial charge in [-0.3, -0.25) is 4.90 Å². The zero-order chi connectivity index (χ0) is 22.1. The lowest BCUT2D eigenvalue weighted by Crippen LogP contribution is -2.52. The van der Waals surface area contributed by atoms with E-state index in [-0.39, 0.29) is 24.2 Å². The van der Waals surface area contributed by atoms with Crippen LogP contribution in [0.4, 0.5) is 15.3 Å². The third-order valence-corrected chi connectivity index (χ3v) is 6.04. The van der Waals surface area contributed by atoms with Gasteiger partial charge in [-0.05, 0) is 65.7 Å². The first-order valence-corrected chi connectivity index (χ1v) is 11.5. The Morgan fingerprint density at radius 2 is 1.97 bits per heavy atom. The highest BCUT2D eigenvalue weighted by Crippen LogP contribution is 2.29. The number of carbonyl (C=O) groups excluding carboxylic acids is 2. The van der Waals surface area contributed by atoms with Gasteiger partial charge in [0, 0.05) is 30.9 Å². The highest BCUT2D eigenvalue weighted by molar-refractivity contribution is 7.82. The molecular formula is C21H30N4O3S2. The van der Waals surface area contributed by atoms with Crippen molar-refractivity contribution in [2.45, 2.75) is 69.5 Å². The second kappa shape index (κ2) is 9.01. The number of carbonyl (C=O) groups is 2. The molecule has 164 valence electrons. The summed E-state index contributed by atoms with van der Waals surface area (Å²) in [6, 6.07) is 5.71. The summed E-state index contributed by atoms with van der Waals surface area (Å²) in [5.74, 6) is 0.